The van der Waals surface area contributed by atoms with Crippen LogP contribution in [0.15, 0.2) is 29.6 Å². The first-order valence-electron chi connectivity index (χ1n) is 6.69. The van der Waals surface area contributed by atoms with Gasteiger partial charge in [0.2, 0.25) is 0 Å². The summed E-state index contributed by atoms with van der Waals surface area (Å²) in [5.41, 5.74) is 3.38. The Labute approximate surface area is 127 Å². The molecule has 104 valence electrons. The number of fused-ring (bicyclic) bond motifs is 1. The van der Waals surface area contributed by atoms with Gasteiger partial charge >= 0.3 is 0 Å². The Hall–Kier alpha value is -1.39. The summed E-state index contributed by atoms with van der Waals surface area (Å²) in [4.78, 5) is 9.21. The van der Waals surface area contributed by atoms with Gasteiger partial charge in [0, 0.05) is 30.6 Å². The molecule has 0 spiro atoms. The zero-order valence-corrected chi connectivity index (χ0v) is 12.9. The van der Waals surface area contributed by atoms with Crippen LogP contribution in [0.3, 0.4) is 0 Å². The van der Waals surface area contributed by atoms with Crippen LogP contribution in [0.25, 0.3) is 11.0 Å². The zero-order chi connectivity index (χ0) is 13.9. The van der Waals surface area contributed by atoms with E-state index in [9.17, 15) is 0 Å². The average Bonchev–Trinajstić information content (AvgIpc) is 3.00. The molecule has 0 radical (unpaired) electrons. The lowest BCUT2D eigenvalue weighted by Crippen LogP contribution is -2.07. The van der Waals surface area contributed by atoms with Gasteiger partial charge in [-0.2, -0.15) is 0 Å². The maximum atomic E-state index is 5.89. The van der Waals surface area contributed by atoms with Crippen LogP contribution in [0.2, 0.25) is 0 Å². The SMILES string of the molecule is Cc1nc(CCn2c(CCCl)nc3ccccc32)cs1. The molecule has 3 aromatic rings. The highest BCUT2D eigenvalue weighted by molar-refractivity contribution is 7.09. The topological polar surface area (TPSA) is 30.7 Å². The lowest BCUT2D eigenvalue weighted by atomic mass is 10.3. The third kappa shape index (κ3) is 2.72. The van der Waals surface area contributed by atoms with E-state index in [0.29, 0.717) is 5.88 Å². The van der Waals surface area contributed by atoms with Gasteiger partial charge in [-0.1, -0.05) is 12.1 Å². The monoisotopic (exact) mass is 305 g/mol. The zero-order valence-electron chi connectivity index (χ0n) is 11.3. The van der Waals surface area contributed by atoms with Crippen molar-refractivity contribution in [3.05, 3.63) is 46.2 Å². The van der Waals surface area contributed by atoms with Gasteiger partial charge < -0.3 is 4.57 Å². The van der Waals surface area contributed by atoms with E-state index in [0.717, 1.165) is 41.4 Å². The number of thiazole rings is 1. The van der Waals surface area contributed by atoms with Crippen LogP contribution in [0.5, 0.6) is 0 Å². The van der Waals surface area contributed by atoms with Gasteiger partial charge in [-0.05, 0) is 19.1 Å². The van der Waals surface area contributed by atoms with Crippen molar-refractivity contribution in [3.8, 4) is 0 Å². The smallest absolute Gasteiger partial charge is 0.111 e. The summed E-state index contributed by atoms with van der Waals surface area (Å²) in [6.45, 7) is 2.94. The van der Waals surface area contributed by atoms with Crippen molar-refractivity contribution in [2.75, 3.05) is 5.88 Å². The lowest BCUT2D eigenvalue weighted by Gasteiger charge is -2.07. The fourth-order valence-electron chi connectivity index (χ4n) is 2.40. The first-order chi connectivity index (χ1) is 9.78. The molecule has 0 atom stereocenters. The number of nitrogens with zero attached hydrogens (tertiary/aromatic N) is 3. The maximum absolute atomic E-state index is 5.89. The molecule has 0 saturated carbocycles. The predicted octanol–water partition coefficient (Wildman–Crippen LogP) is 3.83. The quantitative estimate of drug-likeness (QED) is 0.671. The Morgan fingerprint density at radius 2 is 2.05 bits per heavy atom. The molecule has 0 unspecified atom stereocenters. The number of benzene rings is 1. The van der Waals surface area contributed by atoms with E-state index >= 15 is 0 Å². The Morgan fingerprint density at radius 3 is 2.80 bits per heavy atom. The van der Waals surface area contributed by atoms with Gasteiger partial charge in [0.25, 0.3) is 0 Å². The van der Waals surface area contributed by atoms with Crippen LogP contribution < -0.4 is 0 Å². The molecular weight excluding hydrogens is 290 g/mol. The number of hydrogen-bond donors (Lipinski definition) is 0. The number of aryl methyl sites for hydroxylation is 4. The molecule has 3 nitrogen and oxygen atoms in total. The molecule has 2 heterocycles. The summed E-state index contributed by atoms with van der Waals surface area (Å²) < 4.78 is 2.27. The van der Waals surface area contributed by atoms with E-state index in [1.54, 1.807) is 11.3 Å². The van der Waals surface area contributed by atoms with E-state index in [4.69, 9.17) is 11.6 Å². The third-order valence-electron chi connectivity index (χ3n) is 3.31. The number of imidazole rings is 1. The molecule has 5 heteroatoms. The van der Waals surface area contributed by atoms with E-state index in [2.05, 4.69) is 38.1 Å². The largest absolute Gasteiger partial charge is 0.328 e. The average molecular weight is 306 g/mol. The van der Waals surface area contributed by atoms with Crippen molar-refractivity contribution in [2.45, 2.75) is 26.3 Å². The predicted molar refractivity (Wildman–Crippen MR) is 84.7 cm³/mol. The van der Waals surface area contributed by atoms with Gasteiger partial charge in [0.15, 0.2) is 0 Å². The summed E-state index contributed by atoms with van der Waals surface area (Å²) >= 11 is 7.59. The second-order valence-corrected chi connectivity index (χ2v) is 6.16. The van der Waals surface area contributed by atoms with Crippen molar-refractivity contribution in [1.82, 2.24) is 14.5 Å². The molecule has 0 N–H and O–H groups in total. The number of hydrogen-bond acceptors (Lipinski definition) is 3. The van der Waals surface area contributed by atoms with Crippen molar-refractivity contribution in [1.29, 1.82) is 0 Å². The number of halogens is 1. The molecule has 0 fully saturated rings. The summed E-state index contributed by atoms with van der Waals surface area (Å²) in [5.74, 6) is 1.66. The number of para-hydroxylation sites is 2. The summed E-state index contributed by atoms with van der Waals surface area (Å²) in [7, 11) is 0. The van der Waals surface area contributed by atoms with Crippen LogP contribution in [-0.2, 0) is 19.4 Å². The van der Waals surface area contributed by atoms with Crippen LogP contribution in [-0.4, -0.2) is 20.4 Å². The van der Waals surface area contributed by atoms with Crippen LogP contribution in [0.4, 0.5) is 0 Å². The standard InChI is InChI=1S/C15H16ClN3S/c1-11-17-12(10-20-11)7-9-19-14-5-3-2-4-13(14)18-15(19)6-8-16/h2-5,10H,6-9H2,1H3. The van der Waals surface area contributed by atoms with Crippen molar-refractivity contribution >= 4 is 34.0 Å². The van der Waals surface area contributed by atoms with E-state index in [1.165, 1.54) is 5.52 Å². The second-order valence-electron chi connectivity index (χ2n) is 4.72. The molecule has 0 aliphatic carbocycles. The van der Waals surface area contributed by atoms with Crippen molar-refractivity contribution in [2.24, 2.45) is 0 Å². The Morgan fingerprint density at radius 1 is 1.20 bits per heavy atom. The van der Waals surface area contributed by atoms with E-state index in [-0.39, 0.29) is 0 Å². The second kappa shape index (κ2) is 5.94. The molecule has 2 aromatic heterocycles. The number of aromatic nitrogens is 3. The van der Waals surface area contributed by atoms with E-state index in [1.807, 2.05) is 13.0 Å². The van der Waals surface area contributed by atoms with Gasteiger partial charge in [0.05, 0.1) is 21.7 Å². The molecular formula is C15H16ClN3S. The normalized spacial score (nSPS) is 11.3. The van der Waals surface area contributed by atoms with Crippen LogP contribution >= 0.6 is 22.9 Å². The van der Waals surface area contributed by atoms with Crippen molar-refractivity contribution < 1.29 is 0 Å². The summed E-state index contributed by atoms with van der Waals surface area (Å²) in [5, 5.41) is 3.26. The van der Waals surface area contributed by atoms with Gasteiger partial charge in [-0.15, -0.1) is 22.9 Å². The fraction of sp³-hybridized carbons (Fsp3) is 0.333. The molecule has 0 aliphatic heterocycles. The number of alkyl halides is 1. The molecule has 0 bridgehead atoms. The first kappa shape index (κ1) is 13.6. The molecule has 1 aromatic carbocycles. The van der Waals surface area contributed by atoms with Gasteiger partial charge in [-0.25, -0.2) is 9.97 Å². The first-order valence-corrected chi connectivity index (χ1v) is 8.10. The molecule has 3 rings (SSSR count). The Bertz CT molecular complexity index is 717. The van der Waals surface area contributed by atoms with Gasteiger partial charge in [0.1, 0.15) is 5.82 Å². The minimum absolute atomic E-state index is 0.596. The Balaban J connectivity index is 1.90. The lowest BCUT2D eigenvalue weighted by molar-refractivity contribution is 0.667. The fourth-order valence-corrected chi connectivity index (χ4v) is 3.22. The highest BCUT2D eigenvalue weighted by Gasteiger charge is 2.10. The summed E-state index contributed by atoms with van der Waals surface area (Å²) in [6.07, 6.45) is 1.73. The van der Waals surface area contributed by atoms with Crippen molar-refractivity contribution in [3.63, 3.8) is 0 Å². The number of rotatable bonds is 5. The highest BCUT2D eigenvalue weighted by Crippen LogP contribution is 2.18. The summed E-state index contributed by atoms with van der Waals surface area (Å²) in [6, 6.07) is 8.24. The molecule has 0 aliphatic rings. The van der Waals surface area contributed by atoms with E-state index < -0.39 is 0 Å². The minimum atomic E-state index is 0.596. The minimum Gasteiger partial charge on any atom is -0.328 e. The Kier molecular flexibility index (Phi) is 4.03. The maximum Gasteiger partial charge on any atom is 0.111 e. The van der Waals surface area contributed by atoms with Crippen LogP contribution in [0.1, 0.15) is 16.5 Å². The highest BCUT2D eigenvalue weighted by atomic mass is 35.5. The molecule has 0 amide bonds. The van der Waals surface area contributed by atoms with Gasteiger partial charge in [-0.3, -0.25) is 0 Å². The molecule has 20 heavy (non-hydrogen) atoms. The van der Waals surface area contributed by atoms with Crippen LogP contribution in [0, 0.1) is 6.92 Å². The third-order valence-corrected chi connectivity index (χ3v) is 4.32. The molecule has 0 saturated heterocycles.